The van der Waals surface area contributed by atoms with E-state index in [1.807, 2.05) is 6.92 Å². The fraction of sp³-hybridized carbons (Fsp3) is 0.958. The van der Waals surface area contributed by atoms with E-state index in [9.17, 15) is 30.3 Å². The van der Waals surface area contributed by atoms with Crippen molar-refractivity contribution in [3.8, 4) is 0 Å². The second-order valence-electron chi connectivity index (χ2n) is 9.14. The molecule has 0 saturated carbocycles. The number of hydrogen-bond acceptors (Lipinski definition) is 8. The summed E-state index contributed by atoms with van der Waals surface area (Å²) in [5.74, 6) is -0.186. The number of carbonyl (C=O) groups is 1. The van der Waals surface area contributed by atoms with E-state index >= 15 is 0 Å². The van der Waals surface area contributed by atoms with Gasteiger partial charge in [0.25, 0.3) is 0 Å². The molecule has 9 heteroatoms. The molecule has 1 fully saturated rings. The average molecular weight is 478 g/mol. The van der Waals surface area contributed by atoms with E-state index in [2.05, 4.69) is 12.2 Å². The monoisotopic (exact) mass is 477 g/mol. The Hall–Kier alpha value is -0.810. The molecule has 1 rings (SSSR count). The van der Waals surface area contributed by atoms with Crippen LogP contribution >= 0.6 is 0 Å². The van der Waals surface area contributed by atoms with E-state index in [0.29, 0.717) is 12.8 Å². The van der Waals surface area contributed by atoms with Gasteiger partial charge < -0.3 is 40.3 Å². The van der Waals surface area contributed by atoms with Gasteiger partial charge in [0, 0.05) is 6.42 Å². The van der Waals surface area contributed by atoms with Crippen LogP contribution in [0.4, 0.5) is 0 Å². The number of ether oxygens (including phenoxy) is 2. The fourth-order valence-electron chi connectivity index (χ4n) is 3.96. The van der Waals surface area contributed by atoms with E-state index in [1.54, 1.807) is 0 Å². The normalized spacial score (nSPS) is 27.3. The molecule has 7 atom stereocenters. The van der Waals surface area contributed by atoms with Gasteiger partial charge in [-0.1, -0.05) is 71.6 Å². The van der Waals surface area contributed by atoms with Gasteiger partial charge >= 0.3 is 0 Å². The predicted molar refractivity (Wildman–Crippen MR) is 124 cm³/mol. The van der Waals surface area contributed by atoms with Crippen molar-refractivity contribution in [2.75, 3.05) is 13.2 Å². The summed E-state index contributed by atoms with van der Waals surface area (Å²) >= 11 is 0. The van der Waals surface area contributed by atoms with Crippen molar-refractivity contribution in [1.29, 1.82) is 0 Å². The van der Waals surface area contributed by atoms with Crippen molar-refractivity contribution < 1.29 is 39.8 Å². The summed E-state index contributed by atoms with van der Waals surface area (Å²) in [7, 11) is 0. The molecule has 9 nitrogen and oxygen atoms in total. The molecule has 0 radical (unpaired) electrons. The number of aliphatic hydroxyl groups excluding tert-OH is 5. The molecule has 1 aliphatic rings. The predicted octanol–water partition coefficient (Wildman–Crippen LogP) is 1.37. The molecule has 0 aliphatic carbocycles. The van der Waals surface area contributed by atoms with Gasteiger partial charge in [-0.3, -0.25) is 4.79 Å². The van der Waals surface area contributed by atoms with Crippen LogP contribution in [0.15, 0.2) is 0 Å². The molecule has 1 aliphatic heterocycles. The average Bonchev–Trinajstić information content (AvgIpc) is 2.81. The van der Waals surface area contributed by atoms with Gasteiger partial charge in [-0.2, -0.15) is 0 Å². The summed E-state index contributed by atoms with van der Waals surface area (Å²) in [6, 6.07) is -0.703. The van der Waals surface area contributed by atoms with Gasteiger partial charge in [-0.25, -0.2) is 0 Å². The van der Waals surface area contributed by atoms with E-state index in [-0.39, 0.29) is 12.5 Å². The van der Waals surface area contributed by atoms with E-state index in [1.165, 1.54) is 32.1 Å². The Bertz CT molecular complexity index is 507. The van der Waals surface area contributed by atoms with E-state index < -0.39 is 49.5 Å². The number of aliphatic hydroxyl groups is 5. The van der Waals surface area contributed by atoms with Crippen molar-refractivity contribution in [1.82, 2.24) is 5.32 Å². The Kier molecular flexibility index (Phi) is 16.1. The first kappa shape index (κ1) is 30.2. The molecule has 0 aromatic rings. The van der Waals surface area contributed by atoms with Gasteiger partial charge in [0.2, 0.25) is 5.91 Å². The van der Waals surface area contributed by atoms with E-state index in [0.717, 1.165) is 32.1 Å². The molecule has 0 aromatic heterocycles. The van der Waals surface area contributed by atoms with Crippen molar-refractivity contribution in [2.24, 2.45) is 0 Å². The lowest BCUT2D eigenvalue weighted by Crippen LogP contribution is -2.60. The van der Waals surface area contributed by atoms with E-state index in [4.69, 9.17) is 9.47 Å². The Morgan fingerprint density at radius 3 is 2.12 bits per heavy atom. The van der Waals surface area contributed by atoms with Gasteiger partial charge in [0.15, 0.2) is 6.29 Å². The van der Waals surface area contributed by atoms with Crippen LogP contribution in [-0.4, -0.2) is 87.5 Å². The van der Waals surface area contributed by atoms with Gasteiger partial charge in [-0.05, 0) is 12.8 Å². The minimum absolute atomic E-state index is 0.140. The Morgan fingerprint density at radius 1 is 0.909 bits per heavy atom. The lowest BCUT2D eigenvalue weighted by Gasteiger charge is -2.40. The maximum absolute atomic E-state index is 12.3. The van der Waals surface area contributed by atoms with Gasteiger partial charge in [0.05, 0.1) is 25.4 Å². The maximum Gasteiger partial charge on any atom is 0.220 e. The van der Waals surface area contributed by atoms with Crippen molar-refractivity contribution in [2.45, 2.75) is 134 Å². The number of hydrogen-bond donors (Lipinski definition) is 6. The van der Waals surface area contributed by atoms with Crippen LogP contribution in [0.5, 0.6) is 0 Å². The maximum atomic E-state index is 12.3. The molecule has 1 saturated heterocycles. The highest BCUT2D eigenvalue weighted by Gasteiger charge is 2.44. The number of carbonyl (C=O) groups excluding carboxylic acids is 1. The smallest absolute Gasteiger partial charge is 0.220 e. The lowest BCUT2D eigenvalue weighted by atomic mass is 9.99. The van der Waals surface area contributed by atoms with Crippen LogP contribution in [-0.2, 0) is 14.3 Å². The zero-order valence-electron chi connectivity index (χ0n) is 20.4. The number of unbranched alkanes of at least 4 members (excludes halogenated alkanes) is 8. The Labute approximate surface area is 198 Å². The van der Waals surface area contributed by atoms with Gasteiger partial charge in [0.1, 0.15) is 24.4 Å². The topological polar surface area (TPSA) is 149 Å². The summed E-state index contributed by atoms with van der Waals surface area (Å²) in [6.07, 6.45) is 3.85. The summed E-state index contributed by atoms with van der Waals surface area (Å²) < 4.78 is 10.9. The quantitative estimate of drug-likeness (QED) is 0.162. The Balaban J connectivity index is 2.56. The summed E-state index contributed by atoms with van der Waals surface area (Å²) in [5, 5.41) is 52.8. The van der Waals surface area contributed by atoms with Gasteiger partial charge in [-0.15, -0.1) is 0 Å². The van der Waals surface area contributed by atoms with Crippen molar-refractivity contribution >= 4 is 5.91 Å². The van der Waals surface area contributed by atoms with Crippen LogP contribution in [0.25, 0.3) is 0 Å². The molecule has 0 aromatic carbocycles. The third-order valence-corrected chi connectivity index (χ3v) is 6.21. The second-order valence-corrected chi connectivity index (χ2v) is 9.14. The highest BCUT2D eigenvalue weighted by Crippen LogP contribution is 2.22. The zero-order valence-corrected chi connectivity index (χ0v) is 20.4. The SMILES string of the molecule is CCCCCCCCCCC(O)C(COC1OC(CO)C(O)C(O)C1O)NC(=O)CCCC. The minimum Gasteiger partial charge on any atom is -0.394 e. The number of rotatable bonds is 18. The van der Waals surface area contributed by atoms with Crippen LogP contribution < -0.4 is 5.32 Å². The first-order chi connectivity index (χ1) is 15.8. The van der Waals surface area contributed by atoms with Crippen LogP contribution in [0, 0.1) is 0 Å². The largest absolute Gasteiger partial charge is 0.394 e. The molecule has 0 spiro atoms. The molecule has 196 valence electrons. The van der Waals surface area contributed by atoms with Crippen molar-refractivity contribution in [3.05, 3.63) is 0 Å². The number of nitrogens with one attached hydrogen (secondary N) is 1. The summed E-state index contributed by atoms with van der Waals surface area (Å²) in [5.41, 5.74) is 0. The molecule has 7 unspecified atom stereocenters. The van der Waals surface area contributed by atoms with Crippen LogP contribution in [0.1, 0.15) is 90.9 Å². The van der Waals surface area contributed by atoms with Crippen LogP contribution in [0.2, 0.25) is 0 Å². The molecule has 33 heavy (non-hydrogen) atoms. The molecule has 6 N–H and O–H groups in total. The number of amides is 1. The third-order valence-electron chi connectivity index (χ3n) is 6.21. The van der Waals surface area contributed by atoms with Crippen molar-refractivity contribution in [3.63, 3.8) is 0 Å². The molecule has 1 amide bonds. The fourth-order valence-corrected chi connectivity index (χ4v) is 3.96. The first-order valence-electron chi connectivity index (χ1n) is 12.7. The molecule has 1 heterocycles. The van der Waals surface area contributed by atoms with Crippen LogP contribution in [0.3, 0.4) is 0 Å². The zero-order chi connectivity index (χ0) is 24.6. The standard InChI is InChI=1S/C24H47NO8/c1-3-5-7-8-9-10-11-12-13-18(27)17(25-20(28)14-6-4-2)16-32-24-23(31)22(30)21(29)19(15-26)33-24/h17-19,21-24,26-27,29-31H,3-16H2,1-2H3,(H,25,28). The summed E-state index contributed by atoms with van der Waals surface area (Å²) in [6.45, 7) is 3.49. The Morgan fingerprint density at radius 2 is 1.52 bits per heavy atom. The highest BCUT2D eigenvalue weighted by molar-refractivity contribution is 5.76. The molecular formula is C24H47NO8. The highest BCUT2D eigenvalue weighted by atomic mass is 16.7. The molecule has 0 bridgehead atoms. The third kappa shape index (κ3) is 11.4. The lowest BCUT2D eigenvalue weighted by molar-refractivity contribution is -0.302. The summed E-state index contributed by atoms with van der Waals surface area (Å²) in [4.78, 5) is 12.3. The minimum atomic E-state index is -1.54. The molecular weight excluding hydrogens is 430 g/mol. The second kappa shape index (κ2) is 17.6. The first-order valence-corrected chi connectivity index (χ1v) is 12.7.